The number of nitrogens with zero attached hydrogens (tertiary/aromatic N) is 2. The van der Waals surface area contributed by atoms with E-state index in [4.69, 9.17) is 10.2 Å². The minimum absolute atomic E-state index is 0.0429. The van der Waals surface area contributed by atoms with Crippen LogP contribution in [-0.4, -0.2) is 33.2 Å². The molecule has 3 heterocycles. The highest BCUT2D eigenvalue weighted by Crippen LogP contribution is 2.29. The predicted octanol–water partition coefficient (Wildman–Crippen LogP) is 1.69. The van der Waals surface area contributed by atoms with Crippen molar-refractivity contribution < 1.29 is 23.6 Å². The molecular formula is C21H18N4O5. The number of fused-ring (bicyclic) bond motifs is 1. The molecule has 152 valence electrons. The summed E-state index contributed by atoms with van der Waals surface area (Å²) in [5, 5.41) is 2.93. The summed E-state index contributed by atoms with van der Waals surface area (Å²) in [5.41, 5.74) is 7.19. The minimum Gasteiger partial charge on any atom is -0.467 e. The summed E-state index contributed by atoms with van der Waals surface area (Å²) < 4.78 is 6.93. The van der Waals surface area contributed by atoms with E-state index in [0.717, 1.165) is 15.8 Å². The first kappa shape index (κ1) is 19.2. The number of primary amides is 1. The van der Waals surface area contributed by atoms with Crippen LogP contribution in [0.25, 0.3) is 17.0 Å². The molecule has 5 amide bonds. The van der Waals surface area contributed by atoms with Crippen LogP contribution in [0, 0.1) is 6.92 Å². The summed E-state index contributed by atoms with van der Waals surface area (Å²) in [6.45, 7) is 1.62. The molecule has 3 N–H and O–H groups in total. The standard InChI is InChI=1S/C21H18N4O5/c1-12-15(14-6-2-3-7-17(14)24(12)11-18(22)26)9-16-19(27)23-21(29)25(20(16)28)10-13-5-4-8-30-13/h2-9H,10-11H2,1H3,(H2,22,26)(H,23,27,29)/b16-9+. The highest BCUT2D eigenvalue weighted by Gasteiger charge is 2.36. The Bertz CT molecular complexity index is 1220. The smallest absolute Gasteiger partial charge is 0.331 e. The third-order valence-electron chi connectivity index (χ3n) is 4.96. The van der Waals surface area contributed by atoms with Gasteiger partial charge in [0.05, 0.1) is 12.8 Å². The van der Waals surface area contributed by atoms with Crippen LogP contribution in [0.4, 0.5) is 4.79 Å². The van der Waals surface area contributed by atoms with Gasteiger partial charge in [-0.05, 0) is 31.2 Å². The van der Waals surface area contributed by atoms with Gasteiger partial charge < -0.3 is 14.7 Å². The first-order valence-electron chi connectivity index (χ1n) is 9.14. The van der Waals surface area contributed by atoms with Crippen molar-refractivity contribution in [2.75, 3.05) is 0 Å². The zero-order valence-corrected chi connectivity index (χ0v) is 16.0. The first-order chi connectivity index (χ1) is 14.4. The van der Waals surface area contributed by atoms with Crippen LogP contribution in [0.15, 0.2) is 52.7 Å². The quantitative estimate of drug-likeness (QED) is 0.492. The number of nitrogens with one attached hydrogen (secondary N) is 1. The fourth-order valence-corrected chi connectivity index (χ4v) is 3.54. The van der Waals surface area contributed by atoms with E-state index < -0.39 is 23.8 Å². The minimum atomic E-state index is -0.813. The number of hydrogen-bond donors (Lipinski definition) is 2. The second-order valence-electron chi connectivity index (χ2n) is 6.86. The number of imide groups is 2. The lowest BCUT2D eigenvalue weighted by molar-refractivity contribution is -0.130. The fourth-order valence-electron chi connectivity index (χ4n) is 3.54. The number of para-hydroxylation sites is 1. The van der Waals surface area contributed by atoms with Crippen molar-refractivity contribution in [1.82, 2.24) is 14.8 Å². The average Bonchev–Trinajstić information content (AvgIpc) is 3.30. The van der Waals surface area contributed by atoms with Crippen LogP contribution in [0.2, 0.25) is 0 Å². The van der Waals surface area contributed by atoms with Crippen molar-refractivity contribution in [2.24, 2.45) is 5.73 Å². The molecule has 9 nitrogen and oxygen atoms in total. The summed E-state index contributed by atoms with van der Waals surface area (Å²) in [6.07, 6.45) is 2.87. The van der Waals surface area contributed by atoms with Gasteiger partial charge in [0.15, 0.2) is 0 Å². The van der Waals surface area contributed by atoms with Gasteiger partial charge in [-0.3, -0.25) is 24.6 Å². The maximum absolute atomic E-state index is 13.0. The number of carbonyl (C=O) groups excluding carboxylic acids is 4. The Balaban J connectivity index is 1.80. The van der Waals surface area contributed by atoms with Gasteiger partial charge in [-0.2, -0.15) is 0 Å². The third kappa shape index (κ3) is 3.26. The van der Waals surface area contributed by atoms with E-state index in [9.17, 15) is 19.2 Å². The molecule has 0 unspecified atom stereocenters. The van der Waals surface area contributed by atoms with Crippen LogP contribution in [0.1, 0.15) is 17.0 Å². The maximum Gasteiger partial charge on any atom is 0.331 e. The van der Waals surface area contributed by atoms with Crippen LogP contribution in [-0.2, 0) is 27.5 Å². The van der Waals surface area contributed by atoms with Crippen molar-refractivity contribution >= 4 is 40.7 Å². The predicted molar refractivity (Wildman–Crippen MR) is 107 cm³/mol. The Morgan fingerprint density at radius 1 is 1.17 bits per heavy atom. The fraction of sp³-hybridized carbons (Fsp3) is 0.143. The molecule has 0 bridgehead atoms. The molecule has 1 fully saturated rings. The molecule has 3 aromatic rings. The van der Waals surface area contributed by atoms with Gasteiger partial charge in [0.25, 0.3) is 11.8 Å². The number of aromatic nitrogens is 1. The Labute approximate surface area is 170 Å². The average molecular weight is 406 g/mol. The summed E-state index contributed by atoms with van der Waals surface area (Å²) in [5.74, 6) is -1.63. The molecule has 0 aliphatic carbocycles. The second kappa shape index (κ2) is 7.36. The van der Waals surface area contributed by atoms with Crippen LogP contribution < -0.4 is 11.1 Å². The molecule has 2 aromatic heterocycles. The van der Waals surface area contributed by atoms with Gasteiger partial charge in [-0.1, -0.05) is 18.2 Å². The Hall–Kier alpha value is -4.14. The molecule has 1 aliphatic heterocycles. The van der Waals surface area contributed by atoms with Gasteiger partial charge in [0, 0.05) is 22.2 Å². The molecule has 1 aromatic carbocycles. The van der Waals surface area contributed by atoms with Crippen molar-refractivity contribution in [2.45, 2.75) is 20.0 Å². The van der Waals surface area contributed by atoms with Gasteiger partial charge in [-0.25, -0.2) is 4.79 Å². The SMILES string of the molecule is Cc1c(/C=C2\C(=O)NC(=O)N(Cc3ccco3)C2=O)c2ccccc2n1CC(N)=O. The van der Waals surface area contributed by atoms with E-state index in [1.807, 2.05) is 24.3 Å². The third-order valence-corrected chi connectivity index (χ3v) is 4.96. The number of furan rings is 1. The summed E-state index contributed by atoms with van der Waals surface area (Å²) in [4.78, 5) is 50.0. The summed E-state index contributed by atoms with van der Waals surface area (Å²) in [7, 11) is 0. The Kier molecular flexibility index (Phi) is 4.71. The highest BCUT2D eigenvalue weighted by atomic mass is 16.3. The summed E-state index contributed by atoms with van der Waals surface area (Å²) >= 11 is 0. The van der Waals surface area contributed by atoms with Crippen molar-refractivity contribution in [3.05, 3.63) is 65.3 Å². The normalized spacial score (nSPS) is 15.8. The van der Waals surface area contributed by atoms with Gasteiger partial charge >= 0.3 is 6.03 Å². The summed E-state index contributed by atoms with van der Waals surface area (Å²) in [6, 6.07) is 9.73. The number of urea groups is 1. The number of hydrogen-bond acceptors (Lipinski definition) is 5. The maximum atomic E-state index is 13.0. The number of nitrogens with two attached hydrogens (primary N) is 1. The lowest BCUT2D eigenvalue weighted by Gasteiger charge is -2.25. The van der Waals surface area contributed by atoms with Crippen LogP contribution in [0.3, 0.4) is 0 Å². The zero-order chi connectivity index (χ0) is 21.4. The zero-order valence-electron chi connectivity index (χ0n) is 16.0. The van der Waals surface area contributed by atoms with E-state index in [2.05, 4.69) is 5.32 Å². The lowest BCUT2D eigenvalue weighted by atomic mass is 10.0. The molecule has 1 aliphatic rings. The van der Waals surface area contributed by atoms with Gasteiger partial charge in [0.2, 0.25) is 5.91 Å². The van der Waals surface area contributed by atoms with Crippen LogP contribution >= 0.6 is 0 Å². The Morgan fingerprint density at radius 3 is 2.63 bits per heavy atom. The second-order valence-corrected chi connectivity index (χ2v) is 6.86. The molecule has 30 heavy (non-hydrogen) atoms. The van der Waals surface area contributed by atoms with Crippen molar-refractivity contribution in [3.8, 4) is 0 Å². The molecular weight excluding hydrogens is 388 g/mol. The van der Waals surface area contributed by atoms with E-state index in [1.165, 1.54) is 12.3 Å². The van der Waals surface area contributed by atoms with Gasteiger partial charge in [-0.15, -0.1) is 0 Å². The molecule has 1 saturated heterocycles. The monoisotopic (exact) mass is 406 g/mol. The van der Waals surface area contributed by atoms with Crippen molar-refractivity contribution in [3.63, 3.8) is 0 Å². The number of rotatable bonds is 5. The number of benzene rings is 1. The molecule has 0 atom stereocenters. The first-order valence-corrected chi connectivity index (χ1v) is 9.14. The number of carbonyl (C=O) groups is 4. The molecule has 0 spiro atoms. The molecule has 0 radical (unpaired) electrons. The lowest BCUT2D eigenvalue weighted by Crippen LogP contribution is -2.53. The van der Waals surface area contributed by atoms with Gasteiger partial charge in [0.1, 0.15) is 17.9 Å². The largest absolute Gasteiger partial charge is 0.467 e. The highest BCUT2D eigenvalue weighted by molar-refractivity contribution is 6.31. The van der Waals surface area contributed by atoms with E-state index in [0.29, 0.717) is 17.0 Å². The topological polar surface area (TPSA) is 128 Å². The van der Waals surface area contributed by atoms with E-state index in [-0.39, 0.29) is 18.7 Å². The molecule has 0 saturated carbocycles. The van der Waals surface area contributed by atoms with E-state index >= 15 is 0 Å². The number of barbiturate groups is 1. The number of amides is 5. The molecule has 9 heteroatoms. The van der Waals surface area contributed by atoms with Crippen molar-refractivity contribution in [1.29, 1.82) is 0 Å². The Morgan fingerprint density at radius 2 is 1.93 bits per heavy atom. The molecule has 4 rings (SSSR count). The van der Waals surface area contributed by atoms with E-state index in [1.54, 1.807) is 23.6 Å². The van der Waals surface area contributed by atoms with Crippen LogP contribution in [0.5, 0.6) is 0 Å².